The molecule has 0 spiro atoms. The highest BCUT2D eigenvalue weighted by molar-refractivity contribution is 7.12. The van der Waals surface area contributed by atoms with E-state index in [9.17, 15) is 14.7 Å². The van der Waals surface area contributed by atoms with Crippen LogP contribution in [-0.4, -0.2) is 22.5 Å². The van der Waals surface area contributed by atoms with Gasteiger partial charge >= 0.3 is 0 Å². The van der Waals surface area contributed by atoms with Gasteiger partial charge < -0.3 is 15.7 Å². The van der Waals surface area contributed by atoms with Crippen LogP contribution in [-0.2, 0) is 23.2 Å². The molecular formula is C27H26Cl2N2O3S. The highest BCUT2D eigenvalue weighted by Gasteiger charge is 2.51. The summed E-state index contributed by atoms with van der Waals surface area (Å²) in [6.07, 6.45) is 3.98. The first-order valence-electron chi connectivity index (χ1n) is 11.6. The van der Waals surface area contributed by atoms with Crippen LogP contribution in [0.4, 0.5) is 5.69 Å². The lowest BCUT2D eigenvalue weighted by atomic mass is 9.96. The summed E-state index contributed by atoms with van der Waals surface area (Å²) >= 11 is 14.1. The number of benzene rings is 2. The van der Waals surface area contributed by atoms with Gasteiger partial charge in [-0.15, -0.1) is 11.3 Å². The Morgan fingerprint density at radius 1 is 1.09 bits per heavy atom. The van der Waals surface area contributed by atoms with E-state index in [1.165, 1.54) is 16.9 Å². The third-order valence-electron chi connectivity index (χ3n) is 6.83. The third-order valence-corrected chi connectivity index (χ3v) is 8.58. The topological polar surface area (TPSA) is 78.4 Å². The molecule has 2 aromatic carbocycles. The monoisotopic (exact) mass is 528 g/mol. The van der Waals surface area contributed by atoms with Crippen molar-refractivity contribution in [2.24, 2.45) is 0 Å². The van der Waals surface area contributed by atoms with Crippen molar-refractivity contribution in [1.29, 1.82) is 0 Å². The predicted octanol–water partition coefficient (Wildman–Crippen LogP) is 6.34. The zero-order valence-electron chi connectivity index (χ0n) is 19.5. The third kappa shape index (κ3) is 4.60. The quantitative estimate of drug-likeness (QED) is 0.349. The maximum atomic E-state index is 13.5. The van der Waals surface area contributed by atoms with Crippen molar-refractivity contribution in [2.45, 2.75) is 57.1 Å². The van der Waals surface area contributed by atoms with Gasteiger partial charge in [-0.25, -0.2) is 0 Å². The number of rotatable bonds is 6. The Hall–Kier alpha value is -2.38. The summed E-state index contributed by atoms with van der Waals surface area (Å²) in [5.41, 5.74) is 3.34. The van der Waals surface area contributed by atoms with Crippen molar-refractivity contribution in [1.82, 2.24) is 5.32 Å². The zero-order valence-corrected chi connectivity index (χ0v) is 21.8. The second kappa shape index (κ2) is 8.93. The molecule has 5 rings (SSSR count). The molecule has 0 atom stereocenters. The van der Waals surface area contributed by atoms with Crippen molar-refractivity contribution in [3.05, 3.63) is 73.4 Å². The van der Waals surface area contributed by atoms with Crippen LogP contribution in [0.1, 0.15) is 59.5 Å². The van der Waals surface area contributed by atoms with Crippen LogP contribution in [0.5, 0.6) is 0 Å². The minimum Gasteiger partial charge on any atom is -0.386 e. The summed E-state index contributed by atoms with van der Waals surface area (Å²) < 4.78 is 0. The fraction of sp³-hybridized carbons (Fsp3) is 0.333. The second-order valence-corrected chi connectivity index (χ2v) is 11.5. The largest absolute Gasteiger partial charge is 0.386 e. The average Bonchev–Trinajstić information content (AvgIpc) is 3.22. The number of hydrogen-bond donors (Lipinski definition) is 3. The van der Waals surface area contributed by atoms with Crippen LogP contribution in [0, 0.1) is 0 Å². The van der Waals surface area contributed by atoms with Crippen molar-refractivity contribution >= 4 is 52.0 Å². The fourth-order valence-electron chi connectivity index (χ4n) is 4.57. The molecule has 0 unspecified atom stereocenters. The number of aryl methyl sites for hydroxylation is 1. The van der Waals surface area contributed by atoms with Gasteiger partial charge in [-0.05, 0) is 80.2 Å². The molecule has 35 heavy (non-hydrogen) atoms. The molecule has 5 nitrogen and oxygen atoms in total. The Bertz CT molecular complexity index is 1340. The van der Waals surface area contributed by atoms with Crippen molar-refractivity contribution in [3.8, 4) is 11.1 Å². The van der Waals surface area contributed by atoms with Crippen molar-refractivity contribution in [3.63, 3.8) is 0 Å². The number of carbonyl (C=O) groups excluding carboxylic acids is 2. The van der Waals surface area contributed by atoms with Gasteiger partial charge in [-0.2, -0.15) is 0 Å². The number of fused-ring (bicyclic) bond motifs is 1. The first-order chi connectivity index (χ1) is 16.6. The van der Waals surface area contributed by atoms with E-state index in [4.69, 9.17) is 23.2 Å². The second-order valence-electron chi connectivity index (χ2n) is 9.83. The highest BCUT2D eigenvalue weighted by Crippen LogP contribution is 2.44. The van der Waals surface area contributed by atoms with Crippen LogP contribution in [0.3, 0.4) is 0 Å². The molecule has 2 amide bonds. The standard InChI is InChI=1S/C27H26Cl2N2O3S/c1-26(2,34)16-13-21(35-14-16)24(32)31-27(11-12-27)25(33)30-23-17-6-3-5-15(17)9-10-19(23)18-7-4-8-20(28)22(18)29/h4,7-10,13-14,34H,3,5-6,11-12H2,1-2H3,(H,30,33)(H,31,32). The molecule has 3 N–H and O–H groups in total. The molecule has 0 aliphatic heterocycles. The van der Waals surface area contributed by atoms with E-state index in [0.717, 1.165) is 41.6 Å². The number of halogens is 2. The number of anilines is 1. The van der Waals surface area contributed by atoms with Gasteiger partial charge in [-0.3, -0.25) is 9.59 Å². The molecule has 1 aromatic heterocycles. The SMILES string of the molecule is CC(C)(O)c1csc(C(=O)NC2(C(=O)Nc3c(-c4cccc(Cl)c4Cl)ccc4c3CCC4)CC2)c1. The summed E-state index contributed by atoms with van der Waals surface area (Å²) in [7, 11) is 0. The molecule has 1 fully saturated rings. The van der Waals surface area contributed by atoms with Gasteiger partial charge in [-0.1, -0.05) is 47.5 Å². The number of hydrogen-bond acceptors (Lipinski definition) is 4. The molecule has 8 heteroatoms. The minimum atomic E-state index is -1.03. The summed E-state index contributed by atoms with van der Waals surface area (Å²) in [4.78, 5) is 27.0. The lowest BCUT2D eigenvalue weighted by Crippen LogP contribution is -2.46. The maximum absolute atomic E-state index is 13.5. The van der Waals surface area contributed by atoms with Crippen molar-refractivity contribution < 1.29 is 14.7 Å². The van der Waals surface area contributed by atoms with Gasteiger partial charge in [0, 0.05) is 11.1 Å². The first-order valence-corrected chi connectivity index (χ1v) is 13.3. The normalized spacial score (nSPS) is 16.0. The highest BCUT2D eigenvalue weighted by atomic mass is 35.5. The number of aliphatic hydroxyl groups is 1. The summed E-state index contributed by atoms with van der Waals surface area (Å²) in [5, 5.41) is 19.0. The fourth-order valence-corrected chi connectivity index (χ4v) is 5.93. The van der Waals surface area contributed by atoms with E-state index >= 15 is 0 Å². The molecule has 3 aromatic rings. The Balaban J connectivity index is 1.43. The number of amides is 2. The summed E-state index contributed by atoms with van der Waals surface area (Å²) in [6, 6.07) is 11.2. The van der Waals surface area contributed by atoms with Crippen LogP contribution in [0.15, 0.2) is 41.8 Å². The van der Waals surface area contributed by atoms with Crippen LogP contribution < -0.4 is 10.6 Å². The Morgan fingerprint density at radius 2 is 1.86 bits per heavy atom. The average molecular weight is 529 g/mol. The molecular weight excluding hydrogens is 503 g/mol. The van der Waals surface area contributed by atoms with Gasteiger partial charge in [0.2, 0.25) is 5.91 Å². The minimum absolute atomic E-state index is 0.232. The molecule has 2 aliphatic carbocycles. The Kier molecular flexibility index (Phi) is 6.20. The lowest BCUT2D eigenvalue weighted by molar-refractivity contribution is -0.118. The van der Waals surface area contributed by atoms with Crippen LogP contribution >= 0.6 is 34.5 Å². The van der Waals surface area contributed by atoms with E-state index < -0.39 is 11.1 Å². The molecule has 0 radical (unpaired) electrons. The summed E-state index contributed by atoms with van der Waals surface area (Å²) in [6.45, 7) is 3.35. The van der Waals surface area contributed by atoms with Crippen LogP contribution in [0.25, 0.3) is 11.1 Å². The molecule has 1 saturated carbocycles. The molecule has 182 valence electrons. The van der Waals surface area contributed by atoms with E-state index in [1.807, 2.05) is 18.2 Å². The predicted molar refractivity (Wildman–Crippen MR) is 142 cm³/mol. The van der Waals surface area contributed by atoms with Gasteiger partial charge in [0.1, 0.15) is 5.54 Å². The number of thiophene rings is 1. The van der Waals surface area contributed by atoms with E-state index in [0.29, 0.717) is 33.3 Å². The van der Waals surface area contributed by atoms with Crippen LogP contribution in [0.2, 0.25) is 10.0 Å². The zero-order chi connectivity index (χ0) is 25.0. The van der Waals surface area contributed by atoms with E-state index in [2.05, 4.69) is 16.7 Å². The molecule has 1 heterocycles. The van der Waals surface area contributed by atoms with E-state index in [-0.39, 0.29) is 11.8 Å². The Labute approximate surface area is 218 Å². The van der Waals surface area contributed by atoms with Gasteiger partial charge in [0.25, 0.3) is 5.91 Å². The van der Waals surface area contributed by atoms with Gasteiger partial charge in [0.15, 0.2) is 0 Å². The molecule has 0 bridgehead atoms. The van der Waals surface area contributed by atoms with E-state index in [1.54, 1.807) is 31.4 Å². The lowest BCUT2D eigenvalue weighted by Gasteiger charge is -2.21. The molecule has 0 saturated heterocycles. The van der Waals surface area contributed by atoms with Crippen molar-refractivity contribution in [2.75, 3.05) is 5.32 Å². The maximum Gasteiger partial charge on any atom is 0.262 e. The first kappa shape index (κ1) is 24.3. The summed E-state index contributed by atoms with van der Waals surface area (Å²) in [5.74, 6) is -0.542. The smallest absolute Gasteiger partial charge is 0.262 e. The number of nitrogens with one attached hydrogen (secondary N) is 2. The van der Waals surface area contributed by atoms with Gasteiger partial charge in [0.05, 0.1) is 26.2 Å². The molecule has 2 aliphatic rings. The Morgan fingerprint density at radius 3 is 2.54 bits per heavy atom. The number of carbonyl (C=O) groups is 2.